The average Bonchev–Trinajstić information content (AvgIpc) is 3.39. The minimum Gasteiger partial charge on any atom is -0.462 e. The molecule has 0 fully saturated rings. The number of phosphoric acid groups is 2. The van der Waals surface area contributed by atoms with Crippen LogP contribution < -0.4 is 0 Å². The Balaban J connectivity index is 5.18. The van der Waals surface area contributed by atoms with Gasteiger partial charge in [-0.1, -0.05) is 234 Å². The highest BCUT2D eigenvalue weighted by molar-refractivity contribution is 7.47. The van der Waals surface area contributed by atoms with E-state index in [-0.39, 0.29) is 25.7 Å². The second-order valence-corrected chi connectivity index (χ2v) is 25.2. The molecule has 5 atom stereocenters. The Morgan fingerprint density at radius 3 is 0.872 bits per heavy atom. The lowest BCUT2D eigenvalue weighted by Crippen LogP contribution is -2.30. The Kier molecular flexibility index (Phi) is 50.6. The van der Waals surface area contributed by atoms with Gasteiger partial charge in [0.25, 0.3) is 0 Å². The molecule has 0 rings (SSSR count). The number of carbonyl (C=O) groups excluding carboxylic acids is 4. The highest BCUT2D eigenvalue weighted by Crippen LogP contribution is 2.45. The predicted octanol–water partition coefficient (Wildman–Crippen LogP) is 15.7. The van der Waals surface area contributed by atoms with Crippen LogP contribution in [0.5, 0.6) is 0 Å². The molecule has 0 aliphatic heterocycles. The molecule has 0 saturated carbocycles. The molecule has 0 aromatic rings. The summed E-state index contributed by atoms with van der Waals surface area (Å²) in [6.07, 6.45) is 32.7. The number of ether oxygens (including phenoxy) is 4. The van der Waals surface area contributed by atoms with Gasteiger partial charge in [0.15, 0.2) is 12.2 Å². The lowest BCUT2D eigenvalue weighted by molar-refractivity contribution is -0.161. The molecule has 2 unspecified atom stereocenters. The van der Waals surface area contributed by atoms with Gasteiger partial charge in [0, 0.05) is 25.7 Å². The molecule has 3 N–H and O–H groups in total. The van der Waals surface area contributed by atoms with E-state index in [0.29, 0.717) is 37.5 Å². The lowest BCUT2D eigenvalue weighted by atomic mass is 10.0. The van der Waals surface area contributed by atoms with E-state index in [4.69, 9.17) is 37.0 Å². The van der Waals surface area contributed by atoms with Crippen molar-refractivity contribution in [2.45, 2.75) is 304 Å². The van der Waals surface area contributed by atoms with E-state index in [1.54, 1.807) is 0 Å². The summed E-state index contributed by atoms with van der Waals surface area (Å²) in [5, 5.41) is 10.5. The Bertz CT molecular complexity index is 1550. The maximum Gasteiger partial charge on any atom is 0.472 e. The zero-order valence-electron chi connectivity index (χ0n) is 50.0. The van der Waals surface area contributed by atoms with Crippen molar-refractivity contribution in [1.82, 2.24) is 0 Å². The fourth-order valence-electron chi connectivity index (χ4n) is 8.65. The quantitative estimate of drug-likeness (QED) is 0.0222. The van der Waals surface area contributed by atoms with Gasteiger partial charge in [-0.3, -0.25) is 37.3 Å². The zero-order chi connectivity index (χ0) is 58.0. The topological polar surface area (TPSA) is 237 Å². The van der Waals surface area contributed by atoms with Crippen molar-refractivity contribution in [1.29, 1.82) is 0 Å². The predicted molar refractivity (Wildman–Crippen MR) is 308 cm³/mol. The molecule has 17 nitrogen and oxygen atoms in total. The smallest absolute Gasteiger partial charge is 0.462 e. The number of rotatable bonds is 58. The monoisotopic (exact) mass is 1160 g/mol. The van der Waals surface area contributed by atoms with Crippen LogP contribution >= 0.6 is 15.6 Å². The summed E-state index contributed by atoms with van der Waals surface area (Å²) in [6, 6.07) is 0. The minimum absolute atomic E-state index is 0.101. The van der Waals surface area contributed by atoms with Crippen LogP contribution in [0.2, 0.25) is 0 Å². The summed E-state index contributed by atoms with van der Waals surface area (Å²) in [5.74, 6) is -0.781. The van der Waals surface area contributed by atoms with Crippen LogP contribution in [-0.2, 0) is 65.4 Å². The first-order chi connectivity index (χ1) is 37.4. The van der Waals surface area contributed by atoms with E-state index < -0.39 is 97.5 Å². The second kappa shape index (κ2) is 51.9. The number of esters is 4. The Morgan fingerprint density at radius 1 is 0.346 bits per heavy atom. The van der Waals surface area contributed by atoms with Crippen molar-refractivity contribution in [3.05, 3.63) is 0 Å². The van der Waals surface area contributed by atoms with E-state index in [2.05, 4.69) is 41.5 Å². The molecule has 0 aliphatic rings. The highest BCUT2D eigenvalue weighted by Gasteiger charge is 2.30. The Morgan fingerprint density at radius 2 is 0.590 bits per heavy atom. The summed E-state index contributed by atoms with van der Waals surface area (Å²) >= 11 is 0. The van der Waals surface area contributed by atoms with Crippen LogP contribution in [0, 0.1) is 11.8 Å². The fraction of sp³-hybridized carbons (Fsp3) is 0.932. The average molecular weight is 1160 g/mol. The van der Waals surface area contributed by atoms with Gasteiger partial charge in [-0.15, -0.1) is 0 Å². The second-order valence-electron chi connectivity index (χ2n) is 22.3. The molecule has 0 heterocycles. The number of phosphoric ester groups is 2. The maximum absolute atomic E-state index is 12.9. The van der Waals surface area contributed by atoms with Gasteiger partial charge in [0.1, 0.15) is 19.3 Å². The Hall–Kier alpha value is -1.94. The van der Waals surface area contributed by atoms with Crippen LogP contribution in [0.3, 0.4) is 0 Å². The number of hydrogen-bond donors (Lipinski definition) is 3. The van der Waals surface area contributed by atoms with Crippen molar-refractivity contribution in [3.63, 3.8) is 0 Å². The minimum atomic E-state index is -4.94. The maximum atomic E-state index is 12.9. The molecule has 0 spiro atoms. The summed E-state index contributed by atoms with van der Waals surface area (Å²) in [6.45, 7) is 9.22. The normalized spacial score (nSPS) is 14.4. The van der Waals surface area contributed by atoms with Crippen molar-refractivity contribution in [2.24, 2.45) is 11.8 Å². The third kappa shape index (κ3) is 53.4. The largest absolute Gasteiger partial charge is 0.472 e. The summed E-state index contributed by atoms with van der Waals surface area (Å²) in [4.78, 5) is 71.7. The molecular weight excluding hydrogens is 1040 g/mol. The Labute approximate surface area is 473 Å². The molecule has 78 heavy (non-hydrogen) atoms. The van der Waals surface area contributed by atoms with Crippen LogP contribution in [0.1, 0.15) is 286 Å². The van der Waals surface area contributed by atoms with E-state index >= 15 is 0 Å². The van der Waals surface area contributed by atoms with Gasteiger partial charge in [0.2, 0.25) is 0 Å². The summed E-state index contributed by atoms with van der Waals surface area (Å²) in [7, 11) is -9.87. The van der Waals surface area contributed by atoms with Gasteiger partial charge in [-0.05, 0) is 37.5 Å². The first-order valence-corrected chi connectivity index (χ1v) is 34.0. The summed E-state index contributed by atoms with van der Waals surface area (Å²) in [5.41, 5.74) is 0. The molecule has 19 heteroatoms. The molecule has 462 valence electrons. The van der Waals surface area contributed by atoms with Crippen molar-refractivity contribution < 1.29 is 80.2 Å². The van der Waals surface area contributed by atoms with Gasteiger partial charge in [-0.25, -0.2) is 9.13 Å². The molecule has 0 saturated heterocycles. The third-order valence-electron chi connectivity index (χ3n) is 13.5. The van der Waals surface area contributed by atoms with Crippen molar-refractivity contribution >= 4 is 39.5 Å². The lowest BCUT2D eigenvalue weighted by Gasteiger charge is -2.21. The number of unbranched alkanes of at least 4 members (excludes halogenated alkanes) is 28. The molecular formula is C59H114O17P2. The van der Waals surface area contributed by atoms with Crippen molar-refractivity contribution in [3.8, 4) is 0 Å². The van der Waals surface area contributed by atoms with Gasteiger partial charge in [0.05, 0.1) is 26.4 Å². The third-order valence-corrected chi connectivity index (χ3v) is 15.4. The van der Waals surface area contributed by atoms with E-state index in [1.165, 1.54) is 89.9 Å². The van der Waals surface area contributed by atoms with Gasteiger partial charge >= 0.3 is 39.5 Å². The fourth-order valence-corrected chi connectivity index (χ4v) is 10.2. The molecule has 0 aromatic heterocycles. The van der Waals surface area contributed by atoms with Crippen molar-refractivity contribution in [2.75, 3.05) is 39.6 Å². The molecule has 0 aromatic carbocycles. The number of aliphatic hydroxyl groups is 1. The van der Waals surface area contributed by atoms with Crippen LogP contribution in [0.25, 0.3) is 0 Å². The number of aliphatic hydroxyl groups excluding tert-OH is 1. The molecule has 0 radical (unpaired) electrons. The van der Waals surface area contributed by atoms with E-state index in [0.717, 1.165) is 103 Å². The first-order valence-electron chi connectivity index (χ1n) is 31.0. The van der Waals surface area contributed by atoms with Crippen LogP contribution in [0.15, 0.2) is 0 Å². The summed E-state index contributed by atoms with van der Waals surface area (Å²) < 4.78 is 67.5. The number of carbonyl (C=O) groups is 4. The number of hydrogen-bond acceptors (Lipinski definition) is 15. The van der Waals surface area contributed by atoms with E-state index in [1.807, 2.05) is 0 Å². The first kappa shape index (κ1) is 76.1. The SMILES string of the molecule is CCCCCCCCCCCCCCCCC(=O)O[C@H](COC(=O)CCCCCCCCCC(C)C)COP(=O)(O)OC[C@@H](O)COP(=O)(O)OC[C@@H](COC(=O)CCCCCCC)OC(=O)CCCCCCCCC(C)C. The van der Waals surface area contributed by atoms with E-state index in [9.17, 15) is 43.2 Å². The van der Waals surface area contributed by atoms with Gasteiger partial charge in [-0.2, -0.15) is 0 Å². The highest BCUT2D eigenvalue weighted by atomic mass is 31.2. The molecule has 0 bridgehead atoms. The zero-order valence-corrected chi connectivity index (χ0v) is 51.7. The molecule has 0 aliphatic carbocycles. The van der Waals surface area contributed by atoms with Gasteiger partial charge < -0.3 is 33.8 Å². The van der Waals surface area contributed by atoms with Crippen LogP contribution in [0.4, 0.5) is 0 Å². The standard InChI is InChI=1S/C59H114O17P2/c1-7-9-11-13-14-15-16-17-18-19-20-23-31-37-43-58(63)75-55(48-70-57(62)42-36-30-24-21-22-28-33-39-51(3)4)50-74-78(67,68)72-46-53(60)45-71-77(65,66)73-49-54(47-69-56(61)41-35-27-12-10-8-2)76-59(64)44-38-32-26-25-29-34-40-52(5)6/h51-55,60H,7-50H2,1-6H3,(H,65,66)(H,67,68)/t53-,54+,55+/m0/s1. The molecule has 0 amide bonds. The van der Waals surface area contributed by atoms with Crippen LogP contribution in [-0.4, -0.2) is 96.7 Å².